The number of hydrogen-bond acceptors (Lipinski definition) is 2. The van der Waals surface area contributed by atoms with E-state index in [1.807, 2.05) is 0 Å². The zero-order chi connectivity index (χ0) is 44.7. The van der Waals surface area contributed by atoms with Crippen molar-refractivity contribution in [2.45, 2.75) is 122 Å². The Morgan fingerprint density at radius 1 is 0.508 bits per heavy atom. The quantitative estimate of drug-likeness (QED) is 0.176. The normalized spacial score (nSPS) is 19.6. The molecule has 3 nitrogen and oxygen atoms in total. The van der Waals surface area contributed by atoms with Crippen LogP contribution < -0.4 is 10.4 Å². The summed E-state index contributed by atoms with van der Waals surface area (Å²) in [6.07, 6.45) is 4.73. The van der Waals surface area contributed by atoms with Gasteiger partial charge in [0.05, 0.1) is 11.2 Å². The minimum atomic E-state index is -0.212. The number of aromatic nitrogens is 1. The highest BCUT2D eigenvalue weighted by Gasteiger charge is 2.49. The van der Waals surface area contributed by atoms with E-state index in [0.717, 1.165) is 35.6 Å². The molecule has 13 rings (SSSR count). The molecule has 2 aromatic heterocycles. The Kier molecular flexibility index (Phi) is 7.67. The van der Waals surface area contributed by atoms with Crippen LogP contribution in [0.2, 0.25) is 0 Å². The van der Waals surface area contributed by atoms with Crippen molar-refractivity contribution < 1.29 is 4.42 Å². The van der Waals surface area contributed by atoms with Crippen molar-refractivity contribution in [1.82, 2.24) is 4.98 Å². The fraction of sp³-hybridized carbons (Fsp3) is 0.311. The first-order valence-corrected chi connectivity index (χ1v) is 24.2. The van der Waals surface area contributed by atoms with Crippen molar-refractivity contribution in [2.75, 3.05) is 4.90 Å². The van der Waals surface area contributed by atoms with Gasteiger partial charge in [-0.15, -0.1) is 0 Å². The van der Waals surface area contributed by atoms with Crippen LogP contribution in [0.3, 0.4) is 0 Å². The number of hydrogen-bond donors (Lipinski definition) is 1. The average Bonchev–Trinajstić information content (AvgIpc) is 3.91. The number of rotatable bonds is 2. The molecule has 0 unspecified atom stereocenters. The molecule has 3 heterocycles. The summed E-state index contributed by atoms with van der Waals surface area (Å²) in [6, 6.07) is 44.3. The predicted molar refractivity (Wildman–Crippen MR) is 278 cm³/mol. The van der Waals surface area contributed by atoms with Crippen LogP contribution in [-0.4, -0.2) is 12.3 Å². The van der Waals surface area contributed by atoms with E-state index in [4.69, 9.17) is 4.42 Å². The molecule has 322 valence electrons. The largest absolute Gasteiger partial charge is 0.454 e. The SMILES string of the molecule is CC1(C)CCC(C)(C)c2cc(N3C4=C(Bc5c(-c6cccc7c6[nH]c6cc8ccccc8cc67)cc6c(oc7ccccc76)c53)C(C)(C)c3cc5c(cc34)C(C)(C)CCC5(C)C)ccc21. The third kappa shape index (κ3) is 5.32. The molecule has 1 N–H and O–H groups in total. The van der Waals surface area contributed by atoms with Crippen LogP contribution in [-0.2, 0) is 27.1 Å². The van der Waals surface area contributed by atoms with Crippen molar-refractivity contribution in [3.63, 3.8) is 0 Å². The second-order valence-electron chi connectivity index (χ2n) is 23.5. The first kappa shape index (κ1) is 39.4. The first-order chi connectivity index (χ1) is 30.9. The molecule has 3 aliphatic carbocycles. The third-order valence-corrected chi connectivity index (χ3v) is 17.4. The molecule has 0 amide bonds. The zero-order valence-electron chi connectivity index (χ0n) is 39.9. The molecule has 4 aliphatic rings. The molecule has 0 spiro atoms. The van der Waals surface area contributed by atoms with Crippen molar-refractivity contribution >= 4 is 84.3 Å². The monoisotopic (exact) mass is 846 g/mol. The van der Waals surface area contributed by atoms with Gasteiger partial charge in [0.25, 0.3) is 0 Å². The van der Waals surface area contributed by atoms with Crippen LogP contribution in [0.1, 0.15) is 128 Å². The lowest BCUT2D eigenvalue weighted by Crippen LogP contribution is -2.38. The minimum absolute atomic E-state index is 0.0465. The van der Waals surface area contributed by atoms with E-state index in [1.54, 1.807) is 0 Å². The smallest absolute Gasteiger partial charge is 0.194 e. The van der Waals surface area contributed by atoms with Crippen LogP contribution in [0.25, 0.3) is 71.3 Å². The molecule has 0 fully saturated rings. The van der Waals surface area contributed by atoms with Crippen molar-refractivity contribution in [1.29, 1.82) is 0 Å². The van der Waals surface area contributed by atoms with Crippen LogP contribution in [0, 0.1) is 0 Å². The summed E-state index contributed by atoms with van der Waals surface area (Å²) in [7, 11) is 0.826. The fourth-order valence-electron chi connectivity index (χ4n) is 13.1. The number of benzene rings is 7. The van der Waals surface area contributed by atoms with Crippen molar-refractivity contribution in [3.8, 4) is 11.1 Å². The van der Waals surface area contributed by atoms with Gasteiger partial charge in [-0.2, -0.15) is 0 Å². The minimum Gasteiger partial charge on any atom is -0.454 e. The van der Waals surface area contributed by atoms with Gasteiger partial charge in [0.1, 0.15) is 5.58 Å². The molecule has 0 saturated carbocycles. The molecule has 0 radical (unpaired) electrons. The van der Waals surface area contributed by atoms with Gasteiger partial charge in [-0.25, -0.2) is 0 Å². The highest BCUT2D eigenvalue weighted by molar-refractivity contribution is 6.69. The van der Waals surface area contributed by atoms with Crippen molar-refractivity contribution in [2.24, 2.45) is 0 Å². The molecular formula is C61H59BN2O. The van der Waals surface area contributed by atoms with E-state index in [-0.39, 0.29) is 27.1 Å². The molecule has 1 aliphatic heterocycles. The standard InChI is InChI=1S/C61H59BN2O/c1-57(2)24-25-58(3,4)46-30-36(22-23-44(46)57)64-53-43-32-47-48(60(7,8)27-26-59(47,5)6)33-45(43)61(9,10)56(53)62-51-41(31-42-37-18-13-14-21-50(37)65-55(42)54(51)64)39-20-15-19-38-40-28-34-16-11-12-17-35(34)29-49(40)63-52(38)39/h11-23,28-33,62-63H,24-27H2,1-10H3. The molecule has 0 atom stereocenters. The van der Waals surface area contributed by atoms with Gasteiger partial charge in [0.2, 0.25) is 0 Å². The Morgan fingerprint density at radius 2 is 1.14 bits per heavy atom. The van der Waals surface area contributed by atoms with E-state index >= 15 is 0 Å². The highest BCUT2D eigenvalue weighted by atomic mass is 16.3. The first-order valence-electron chi connectivity index (χ1n) is 24.2. The van der Waals surface area contributed by atoms with Crippen molar-refractivity contribution in [3.05, 3.63) is 154 Å². The van der Waals surface area contributed by atoms with Crippen LogP contribution in [0.4, 0.5) is 11.4 Å². The van der Waals surface area contributed by atoms with E-state index in [9.17, 15) is 0 Å². The maximum Gasteiger partial charge on any atom is 0.194 e. The maximum absolute atomic E-state index is 7.23. The lowest BCUT2D eigenvalue weighted by atomic mass is 9.52. The number of anilines is 2. The van der Waals surface area contributed by atoms with E-state index in [1.165, 1.54) is 124 Å². The molecule has 0 saturated heterocycles. The second-order valence-corrected chi connectivity index (χ2v) is 23.5. The molecule has 4 heteroatoms. The number of H-pyrrole nitrogens is 1. The number of fused-ring (bicyclic) bond motifs is 13. The van der Waals surface area contributed by atoms with E-state index < -0.39 is 0 Å². The Bertz CT molecular complexity index is 3620. The number of nitrogens with one attached hydrogen (secondary N) is 1. The summed E-state index contributed by atoms with van der Waals surface area (Å²) in [4.78, 5) is 6.68. The molecule has 0 bridgehead atoms. The number of para-hydroxylation sites is 2. The number of furan rings is 1. The van der Waals surface area contributed by atoms with E-state index in [2.05, 4.69) is 194 Å². The second kappa shape index (κ2) is 12.7. The summed E-state index contributed by atoms with van der Waals surface area (Å²) in [6.45, 7) is 24.7. The molecule has 65 heavy (non-hydrogen) atoms. The van der Waals surface area contributed by atoms with Crippen LogP contribution >= 0.6 is 0 Å². The number of allylic oxidation sites excluding steroid dienone is 1. The third-order valence-electron chi connectivity index (χ3n) is 17.4. The predicted octanol–water partition coefficient (Wildman–Crippen LogP) is 15.6. The Labute approximate surface area is 384 Å². The molecular weight excluding hydrogens is 787 g/mol. The maximum atomic E-state index is 7.23. The summed E-state index contributed by atoms with van der Waals surface area (Å²) in [5.74, 6) is 0. The topological polar surface area (TPSA) is 32.2 Å². The number of aromatic amines is 1. The van der Waals surface area contributed by atoms with Crippen LogP contribution in [0.15, 0.2) is 125 Å². The molecule has 7 aromatic carbocycles. The van der Waals surface area contributed by atoms with Crippen LogP contribution in [0.5, 0.6) is 0 Å². The lowest BCUT2D eigenvalue weighted by molar-refractivity contribution is 0.331. The van der Waals surface area contributed by atoms with Gasteiger partial charge in [-0.3, -0.25) is 0 Å². The highest BCUT2D eigenvalue weighted by Crippen LogP contribution is 2.58. The van der Waals surface area contributed by atoms with Gasteiger partial charge in [0, 0.05) is 55.0 Å². The van der Waals surface area contributed by atoms with Gasteiger partial charge in [0.15, 0.2) is 12.9 Å². The Morgan fingerprint density at radius 3 is 1.88 bits per heavy atom. The van der Waals surface area contributed by atoms with Gasteiger partial charge < -0.3 is 14.3 Å². The average molecular weight is 847 g/mol. The summed E-state index contributed by atoms with van der Waals surface area (Å²) in [5, 5.41) is 7.34. The fourth-order valence-corrected chi connectivity index (χ4v) is 13.1. The summed E-state index contributed by atoms with van der Waals surface area (Å²) >= 11 is 0. The zero-order valence-corrected chi connectivity index (χ0v) is 39.9. The Hall–Kier alpha value is -6.00. The number of nitrogens with zero attached hydrogens (tertiary/aromatic N) is 1. The summed E-state index contributed by atoms with van der Waals surface area (Å²) < 4.78 is 7.23. The molecule has 9 aromatic rings. The van der Waals surface area contributed by atoms with Gasteiger partial charge in [-0.1, -0.05) is 148 Å². The summed E-state index contributed by atoms with van der Waals surface area (Å²) in [5.41, 5.74) is 22.3. The lowest BCUT2D eigenvalue weighted by Gasteiger charge is -2.43. The van der Waals surface area contributed by atoms with Gasteiger partial charge in [-0.05, 0) is 139 Å². The van der Waals surface area contributed by atoms with Gasteiger partial charge >= 0.3 is 0 Å². The van der Waals surface area contributed by atoms with E-state index in [0.29, 0.717) is 0 Å². The Balaban J connectivity index is 1.16.